The Balaban J connectivity index is 2.52. The van der Waals surface area contributed by atoms with E-state index in [1.807, 2.05) is 0 Å². The van der Waals surface area contributed by atoms with Crippen molar-refractivity contribution in [1.29, 1.82) is 0 Å². The molecule has 0 saturated carbocycles. The van der Waals surface area contributed by atoms with E-state index in [4.69, 9.17) is 21.4 Å². The topological polar surface area (TPSA) is 99.0 Å². The number of hydrogen-bond donors (Lipinski definition) is 4. The molecule has 0 radical (unpaired) electrons. The summed E-state index contributed by atoms with van der Waals surface area (Å²) >= 11 is 5.27. The maximum atomic E-state index is 10.9. The van der Waals surface area contributed by atoms with Crippen LogP contribution in [-0.4, -0.2) is 64.7 Å². The van der Waals surface area contributed by atoms with Gasteiger partial charge in [-0.3, -0.25) is 4.79 Å². The SMILES string of the molecule is O=C(CCl)N[C@H]1COC(CO)C(O)[C@@H]1O. The molecule has 1 aliphatic rings. The lowest BCUT2D eigenvalue weighted by Gasteiger charge is -2.37. The number of ether oxygens (including phenoxy) is 1. The number of aliphatic hydroxyl groups excluding tert-OH is 3. The van der Waals surface area contributed by atoms with Crippen molar-refractivity contribution in [2.24, 2.45) is 0 Å². The lowest BCUT2D eigenvalue weighted by atomic mass is 9.98. The number of carbonyl (C=O) groups is 1. The Morgan fingerprint density at radius 2 is 2.13 bits per heavy atom. The average molecular weight is 240 g/mol. The number of carbonyl (C=O) groups excluding carboxylic acids is 1. The number of rotatable bonds is 3. The van der Waals surface area contributed by atoms with Gasteiger partial charge in [-0.05, 0) is 0 Å². The van der Waals surface area contributed by atoms with Gasteiger partial charge in [0.05, 0.1) is 19.3 Å². The summed E-state index contributed by atoms with van der Waals surface area (Å²) < 4.78 is 5.05. The van der Waals surface area contributed by atoms with E-state index in [-0.39, 0.29) is 19.1 Å². The molecule has 1 rings (SSSR count). The lowest BCUT2D eigenvalue weighted by Crippen LogP contribution is -2.60. The molecule has 88 valence electrons. The highest BCUT2D eigenvalue weighted by Gasteiger charge is 2.38. The lowest BCUT2D eigenvalue weighted by molar-refractivity contribution is -0.164. The van der Waals surface area contributed by atoms with Crippen LogP contribution in [-0.2, 0) is 9.53 Å². The molecular weight excluding hydrogens is 226 g/mol. The summed E-state index contributed by atoms with van der Waals surface area (Å²) in [5, 5.41) is 30.3. The molecule has 0 aromatic heterocycles. The molecule has 1 heterocycles. The third-order valence-corrected chi connectivity index (χ3v) is 2.52. The van der Waals surface area contributed by atoms with Crippen LogP contribution in [0.2, 0.25) is 0 Å². The number of aliphatic hydroxyl groups is 3. The van der Waals surface area contributed by atoms with Crippen LogP contribution in [0.4, 0.5) is 0 Å². The van der Waals surface area contributed by atoms with Crippen molar-refractivity contribution in [2.45, 2.75) is 24.4 Å². The number of amides is 1. The van der Waals surface area contributed by atoms with Gasteiger partial charge in [0.15, 0.2) is 0 Å². The maximum absolute atomic E-state index is 10.9. The zero-order valence-electron chi connectivity index (χ0n) is 7.97. The summed E-state index contributed by atoms with van der Waals surface area (Å²) in [7, 11) is 0. The van der Waals surface area contributed by atoms with E-state index in [0.29, 0.717) is 0 Å². The molecule has 7 heteroatoms. The van der Waals surface area contributed by atoms with Gasteiger partial charge in [0, 0.05) is 0 Å². The van der Waals surface area contributed by atoms with Gasteiger partial charge in [0.25, 0.3) is 0 Å². The van der Waals surface area contributed by atoms with E-state index >= 15 is 0 Å². The fraction of sp³-hybridized carbons (Fsp3) is 0.875. The van der Waals surface area contributed by atoms with Crippen molar-refractivity contribution in [3.05, 3.63) is 0 Å². The largest absolute Gasteiger partial charge is 0.394 e. The van der Waals surface area contributed by atoms with Crippen LogP contribution < -0.4 is 5.32 Å². The molecule has 1 amide bonds. The Labute approximate surface area is 91.8 Å². The van der Waals surface area contributed by atoms with Crippen LogP contribution in [0.25, 0.3) is 0 Å². The third kappa shape index (κ3) is 3.02. The Bertz CT molecular complexity index is 227. The fourth-order valence-electron chi connectivity index (χ4n) is 1.42. The molecule has 1 fully saturated rings. The van der Waals surface area contributed by atoms with Gasteiger partial charge >= 0.3 is 0 Å². The van der Waals surface area contributed by atoms with Gasteiger partial charge in [-0.1, -0.05) is 0 Å². The Morgan fingerprint density at radius 3 is 2.67 bits per heavy atom. The molecular formula is C8H14ClNO5. The number of hydrogen-bond acceptors (Lipinski definition) is 5. The normalized spacial score (nSPS) is 36.3. The van der Waals surface area contributed by atoms with Crippen molar-refractivity contribution in [3.63, 3.8) is 0 Å². The first-order valence-corrected chi connectivity index (χ1v) is 5.07. The molecule has 15 heavy (non-hydrogen) atoms. The van der Waals surface area contributed by atoms with E-state index in [1.165, 1.54) is 0 Å². The van der Waals surface area contributed by atoms with Crippen molar-refractivity contribution in [2.75, 3.05) is 19.1 Å². The van der Waals surface area contributed by atoms with Crippen LogP contribution in [0.3, 0.4) is 0 Å². The van der Waals surface area contributed by atoms with E-state index in [0.717, 1.165) is 0 Å². The van der Waals surface area contributed by atoms with Crippen LogP contribution in [0, 0.1) is 0 Å². The zero-order chi connectivity index (χ0) is 11.4. The molecule has 4 N–H and O–H groups in total. The first-order valence-electron chi connectivity index (χ1n) is 4.54. The number of nitrogens with one attached hydrogen (secondary N) is 1. The molecule has 6 nitrogen and oxygen atoms in total. The second-order valence-corrected chi connectivity index (χ2v) is 3.61. The summed E-state index contributed by atoms with van der Waals surface area (Å²) in [5.41, 5.74) is 0. The number of alkyl halides is 1. The van der Waals surface area contributed by atoms with E-state index in [1.54, 1.807) is 0 Å². The zero-order valence-corrected chi connectivity index (χ0v) is 8.72. The molecule has 0 bridgehead atoms. The molecule has 0 spiro atoms. The van der Waals surface area contributed by atoms with E-state index in [2.05, 4.69) is 5.32 Å². The molecule has 0 aromatic carbocycles. The molecule has 4 atom stereocenters. The molecule has 0 aromatic rings. The molecule has 1 saturated heterocycles. The highest BCUT2D eigenvalue weighted by Crippen LogP contribution is 2.15. The highest BCUT2D eigenvalue weighted by molar-refractivity contribution is 6.27. The maximum Gasteiger partial charge on any atom is 0.235 e. The third-order valence-electron chi connectivity index (χ3n) is 2.28. The van der Waals surface area contributed by atoms with Gasteiger partial charge in [-0.2, -0.15) is 0 Å². The summed E-state index contributed by atoms with van der Waals surface area (Å²) in [6.07, 6.45) is -3.20. The monoisotopic (exact) mass is 239 g/mol. The van der Waals surface area contributed by atoms with Crippen LogP contribution in [0.5, 0.6) is 0 Å². The quantitative estimate of drug-likeness (QED) is 0.420. The second-order valence-electron chi connectivity index (χ2n) is 3.34. The van der Waals surface area contributed by atoms with E-state index < -0.39 is 30.3 Å². The average Bonchev–Trinajstić information content (AvgIpc) is 2.25. The highest BCUT2D eigenvalue weighted by atomic mass is 35.5. The van der Waals surface area contributed by atoms with Crippen molar-refractivity contribution >= 4 is 17.5 Å². The summed E-state index contributed by atoms with van der Waals surface area (Å²) in [5.74, 6) is -0.665. The van der Waals surface area contributed by atoms with Gasteiger partial charge in [0.2, 0.25) is 5.91 Å². The number of halogens is 1. The predicted molar refractivity (Wildman–Crippen MR) is 51.5 cm³/mol. The first kappa shape index (κ1) is 12.7. The Hall–Kier alpha value is -0.400. The predicted octanol–water partition coefficient (Wildman–Crippen LogP) is -2.18. The second kappa shape index (κ2) is 5.62. The standard InChI is InChI=1S/C8H14ClNO5/c9-1-6(12)10-4-3-15-5(2-11)8(14)7(4)13/h4-5,7-8,11,13-14H,1-3H2,(H,10,12)/t4-,5?,7+,8?/m0/s1. The van der Waals surface area contributed by atoms with E-state index in [9.17, 15) is 15.0 Å². The molecule has 0 aliphatic carbocycles. The van der Waals surface area contributed by atoms with Crippen molar-refractivity contribution in [1.82, 2.24) is 5.32 Å². The summed E-state index contributed by atoms with van der Waals surface area (Å²) in [4.78, 5) is 10.9. The fourth-order valence-corrected chi connectivity index (χ4v) is 1.49. The van der Waals surface area contributed by atoms with Crippen molar-refractivity contribution in [3.8, 4) is 0 Å². The van der Waals surface area contributed by atoms with Crippen LogP contribution in [0.15, 0.2) is 0 Å². The van der Waals surface area contributed by atoms with Gasteiger partial charge in [-0.15, -0.1) is 11.6 Å². The van der Waals surface area contributed by atoms with Crippen LogP contribution in [0.1, 0.15) is 0 Å². The molecule has 1 aliphatic heterocycles. The van der Waals surface area contributed by atoms with Gasteiger partial charge in [-0.25, -0.2) is 0 Å². The first-order chi connectivity index (χ1) is 7.10. The van der Waals surface area contributed by atoms with Gasteiger partial charge in [0.1, 0.15) is 24.2 Å². The minimum absolute atomic E-state index is 0.0338. The van der Waals surface area contributed by atoms with Gasteiger partial charge < -0.3 is 25.4 Å². The summed E-state index contributed by atoms with van der Waals surface area (Å²) in [6.45, 7) is -0.347. The van der Waals surface area contributed by atoms with Crippen molar-refractivity contribution < 1.29 is 24.9 Å². The summed E-state index contributed by atoms with van der Waals surface area (Å²) in [6, 6.07) is -0.700. The minimum atomic E-state index is -1.22. The van der Waals surface area contributed by atoms with Crippen LogP contribution >= 0.6 is 11.6 Å². The minimum Gasteiger partial charge on any atom is -0.394 e. The molecule has 2 unspecified atom stereocenters. The Morgan fingerprint density at radius 1 is 1.47 bits per heavy atom. The smallest absolute Gasteiger partial charge is 0.235 e. The Kier molecular flexibility index (Phi) is 4.75.